The van der Waals surface area contributed by atoms with Crippen LogP contribution in [0.5, 0.6) is 0 Å². The fourth-order valence-electron chi connectivity index (χ4n) is 4.20. The van der Waals surface area contributed by atoms with Crippen molar-refractivity contribution in [3.63, 3.8) is 0 Å². The molecule has 1 heterocycles. The van der Waals surface area contributed by atoms with Gasteiger partial charge in [0.2, 0.25) is 15.9 Å². The van der Waals surface area contributed by atoms with Crippen molar-refractivity contribution in [2.75, 3.05) is 39.8 Å². The normalized spacial score (nSPS) is 19.4. The molecule has 0 aromatic heterocycles. The van der Waals surface area contributed by atoms with E-state index in [1.807, 2.05) is 17.0 Å². The molecule has 2 fully saturated rings. The lowest BCUT2D eigenvalue weighted by molar-refractivity contribution is -0.120. The molecule has 2 N–H and O–H groups in total. The number of piperazine rings is 1. The van der Waals surface area contributed by atoms with Crippen LogP contribution in [0.3, 0.4) is 0 Å². The van der Waals surface area contributed by atoms with Gasteiger partial charge in [0.15, 0.2) is 0 Å². The van der Waals surface area contributed by atoms with Gasteiger partial charge in [-0.15, -0.1) is 0 Å². The van der Waals surface area contributed by atoms with Crippen molar-refractivity contribution in [1.82, 2.24) is 19.8 Å². The summed E-state index contributed by atoms with van der Waals surface area (Å²) in [5.74, 6) is 0.210. The maximum absolute atomic E-state index is 13.0. The fourth-order valence-corrected chi connectivity index (χ4v) is 5.62. The van der Waals surface area contributed by atoms with Crippen LogP contribution in [0.1, 0.15) is 50.0 Å². The first-order valence-electron chi connectivity index (χ1n) is 10.7. The number of benzene rings is 1. The van der Waals surface area contributed by atoms with E-state index in [0.29, 0.717) is 43.5 Å². The molecule has 1 saturated carbocycles. The Labute approximate surface area is 179 Å². The number of carbonyl (C=O) groups is 2. The van der Waals surface area contributed by atoms with Gasteiger partial charge in [-0.3, -0.25) is 10.1 Å². The van der Waals surface area contributed by atoms with E-state index in [1.54, 1.807) is 12.1 Å². The zero-order valence-electron chi connectivity index (χ0n) is 17.6. The molecule has 0 unspecified atom stereocenters. The lowest BCUT2D eigenvalue weighted by atomic mass is 9.84. The van der Waals surface area contributed by atoms with E-state index in [2.05, 4.69) is 10.6 Å². The highest BCUT2D eigenvalue weighted by molar-refractivity contribution is 7.89. The summed E-state index contributed by atoms with van der Waals surface area (Å²) in [7, 11) is -2.06. The minimum Gasteiger partial charge on any atom is -0.341 e. The van der Waals surface area contributed by atoms with Gasteiger partial charge in [-0.2, -0.15) is 4.31 Å². The molecule has 0 atom stereocenters. The Balaban J connectivity index is 1.50. The topological polar surface area (TPSA) is 98.8 Å². The number of nitrogens with one attached hydrogen (secondary N) is 2. The highest BCUT2D eigenvalue weighted by Crippen LogP contribution is 2.33. The number of sulfonamides is 1. The quantitative estimate of drug-likeness (QED) is 0.710. The number of imide groups is 1. The standard InChI is InChI=1S/C21H32N4O4S/c1-22-21(27)23-20(26)11-12-24-13-15-25(16-14-24)30(28,29)19-9-7-18(8-10-19)17-5-3-2-4-6-17/h7-10,17H,2-6,11-16H2,1H3,(H2,22,23,26,27). The Bertz CT molecular complexity index is 827. The van der Waals surface area contributed by atoms with Crippen LogP contribution in [0.4, 0.5) is 4.79 Å². The van der Waals surface area contributed by atoms with Crippen LogP contribution >= 0.6 is 0 Å². The Hall–Kier alpha value is -1.97. The molecule has 3 rings (SSSR count). The minimum atomic E-state index is -3.51. The summed E-state index contributed by atoms with van der Waals surface area (Å²) in [5, 5.41) is 4.57. The Kier molecular flexibility index (Phi) is 7.85. The zero-order chi connectivity index (χ0) is 21.6. The fraction of sp³-hybridized carbons (Fsp3) is 0.619. The van der Waals surface area contributed by atoms with Gasteiger partial charge >= 0.3 is 6.03 Å². The van der Waals surface area contributed by atoms with E-state index >= 15 is 0 Å². The lowest BCUT2D eigenvalue weighted by Gasteiger charge is -2.33. The maximum Gasteiger partial charge on any atom is 0.321 e. The van der Waals surface area contributed by atoms with Crippen LogP contribution in [0.2, 0.25) is 0 Å². The molecule has 9 heteroatoms. The Morgan fingerprint density at radius 1 is 1.00 bits per heavy atom. The van der Waals surface area contributed by atoms with Crippen molar-refractivity contribution in [1.29, 1.82) is 0 Å². The molecule has 30 heavy (non-hydrogen) atoms. The molecular weight excluding hydrogens is 404 g/mol. The van der Waals surface area contributed by atoms with E-state index in [1.165, 1.54) is 49.0 Å². The van der Waals surface area contributed by atoms with Crippen LogP contribution in [0, 0.1) is 0 Å². The van der Waals surface area contributed by atoms with E-state index < -0.39 is 16.1 Å². The molecule has 1 aliphatic carbocycles. The zero-order valence-corrected chi connectivity index (χ0v) is 18.4. The van der Waals surface area contributed by atoms with Gasteiger partial charge in [-0.05, 0) is 36.5 Å². The largest absolute Gasteiger partial charge is 0.341 e. The van der Waals surface area contributed by atoms with Crippen LogP contribution in [-0.4, -0.2) is 69.3 Å². The van der Waals surface area contributed by atoms with Crippen molar-refractivity contribution in [2.45, 2.75) is 49.3 Å². The second-order valence-corrected chi connectivity index (χ2v) is 9.96. The average Bonchev–Trinajstić information content (AvgIpc) is 2.78. The van der Waals surface area contributed by atoms with Crippen LogP contribution in [-0.2, 0) is 14.8 Å². The summed E-state index contributed by atoms with van der Waals surface area (Å²) in [6.45, 7) is 2.40. The van der Waals surface area contributed by atoms with E-state index in [-0.39, 0.29) is 12.3 Å². The number of amides is 3. The molecule has 3 amide bonds. The van der Waals surface area contributed by atoms with Gasteiger partial charge in [0.25, 0.3) is 0 Å². The SMILES string of the molecule is CNC(=O)NC(=O)CCN1CCN(S(=O)(=O)c2ccc(C3CCCCC3)cc2)CC1. The minimum absolute atomic E-state index is 0.197. The average molecular weight is 437 g/mol. The number of hydrogen-bond donors (Lipinski definition) is 2. The third-order valence-corrected chi connectivity index (χ3v) is 7.97. The predicted octanol–water partition coefficient (Wildman–Crippen LogP) is 1.89. The van der Waals surface area contributed by atoms with Gasteiger partial charge in [0.05, 0.1) is 4.90 Å². The molecule has 2 aliphatic rings. The maximum atomic E-state index is 13.0. The number of rotatable bonds is 6. The summed E-state index contributed by atoms with van der Waals surface area (Å²) in [6.07, 6.45) is 6.38. The van der Waals surface area contributed by atoms with Gasteiger partial charge in [-0.1, -0.05) is 31.4 Å². The lowest BCUT2D eigenvalue weighted by Crippen LogP contribution is -2.49. The third kappa shape index (κ3) is 5.80. The summed E-state index contributed by atoms with van der Waals surface area (Å²) in [5.41, 5.74) is 1.24. The summed E-state index contributed by atoms with van der Waals surface area (Å²) in [4.78, 5) is 25.2. The highest BCUT2D eigenvalue weighted by atomic mass is 32.2. The molecule has 1 aromatic rings. The third-order valence-electron chi connectivity index (χ3n) is 6.06. The van der Waals surface area contributed by atoms with Crippen molar-refractivity contribution in [2.24, 2.45) is 0 Å². The summed E-state index contributed by atoms with van der Waals surface area (Å²) >= 11 is 0. The predicted molar refractivity (Wildman–Crippen MR) is 115 cm³/mol. The first kappa shape index (κ1) is 22.7. The number of hydrogen-bond acceptors (Lipinski definition) is 5. The van der Waals surface area contributed by atoms with Crippen molar-refractivity contribution in [3.8, 4) is 0 Å². The van der Waals surface area contributed by atoms with Gasteiger partial charge in [0.1, 0.15) is 0 Å². The van der Waals surface area contributed by atoms with Crippen molar-refractivity contribution >= 4 is 22.0 Å². The van der Waals surface area contributed by atoms with Gasteiger partial charge < -0.3 is 10.2 Å². The molecule has 8 nitrogen and oxygen atoms in total. The molecule has 1 saturated heterocycles. The highest BCUT2D eigenvalue weighted by Gasteiger charge is 2.29. The second-order valence-electron chi connectivity index (χ2n) is 8.03. The molecule has 0 radical (unpaired) electrons. The molecule has 0 bridgehead atoms. The van der Waals surface area contributed by atoms with Gasteiger partial charge in [-0.25, -0.2) is 13.2 Å². The Morgan fingerprint density at radius 2 is 1.63 bits per heavy atom. The second kappa shape index (κ2) is 10.4. The summed E-state index contributed by atoms with van der Waals surface area (Å²) in [6, 6.07) is 6.92. The number of nitrogens with zero attached hydrogens (tertiary/aromatic N) is 2. The van der Waals surface area contributed by atoms with E-state index in [4.69, 9.17) is 0 Å². The van der Waals surface area contributed by atoms with Crippen LogP contribution in [0.15, 0.2) is 29.2 Å². The number of urea groups is 1. The Morgan fingerprint density at radius 3 is 2.23 bits per heavy atom. The first-order valence-corrected chi connectivity index (χ1v) is 12.2. The molecule has 1 aliphatic heterocycles. The van der Waals surface area contributed by atoms with Crippen molar-refractivity contribution < 1.29 is 18.0 Å². The molecular formula is C21H32N4O4S. The number of carbonyl (C=O) groups excluding carboxylic acids is 2. The van der Waals surface area contributed by atoms with Crippen molar-refractivity contribution in [3.05, 3.63) is 29.8 Å². The first-order chi connectivity index (χ1) is 14.4. The van der Waals surface area contributed by atoms with Gasteiger partial charge in [0, 0.05) is 46.2 Å². The summed E-state index contributed by atoms with van der Waals surface area (Å²) < 4.78 is 27.5. The molecule has 0 spiro atoms. The molecule has 1 aromatic carbocycles. The monoisotopic (exact) mass is 436 g/mol. The smallest absolute Gasteiger partial charge is 0.321 e. The van der Waals surface area contributed by atoms with Crippen LogP contribution in [0.25, 0.3) is 0 Å². The van der Waals surface area contributed by atoms with E-state index in [9.17, 15) is 18.0 Å². The van der Waals surface area contributed by atoms with Crippen LogP contribution < -0.4 is 10.6 Å². The van der Waals surface area contributed by atoms with E-state index in [0.717, 1.165) is 0 Å². The molecule has 166 valence electrons.